The minimum Gasteiger partial charge on any atom is -0.317 e. The molecule has 0 unspecified atom stereocenters. The molecule has 3 nitrogen and oxygen atoms in total. The van der Waals surface area contributed by atoms with E-state index >= 15 is 0 Å². The monoisotopic (exact) mass is 210 g/mol. The molecule has 1 aromatic rings. The summed E-state index contributed by atoms with van der Waals surface area (Å²) in [5.74, 6) is 0. The fraction of sp³-hybridized carbons (Fsp3) is 0.500. The molecular weight excluding hydrogens is 196 g/mol. The fourth-order valence-electron chi connectivity index (χ4n) is 1.67. The van der Waals surface area contributed by atoms with Crippen molar-refractivity contribution in [3.05, 3.63) is 24.5 Å². The van der Waals surface area contributed by atoms with Gasteiger partial charge in [0.1, 0.15) is 0 Å². The van der Waals surface area contributed by atoms with Gasteiger partial charge in [-0.1, -0.05) is 0 Å². The van der Waals surface area contributed by atoms with Crippen LogP contribution in [0.4, 0.5) is 0 Å². The summed E-state index contributed by atoms with van der Waals surface area (Å²) in [7, 11) is -0.850. The summed E-state index contributed by atoms with van der Waals surface area (Å²) < 4.78 is 12.1. The summed E-state index contributed by atoms with van der Waals surface area (Å²) in [6.07, 6.45) is 5.42. The highest BCUT2D eigenvalue weighted by Gasteiger charge is 2.20. The van der Waals surface area contributed by atoms with Crippen LogP contribution in [0.5, 0.6) is 0 Å². The molecular formula is C10H14N2OS. The highest BCUT2D eigenvalue weighted by Crippen LogP contribution is 2.17. The third-order valence-corrected chi connectivity index (χ3v) is 4.28. The molecule has 0 aliphatic carbocycles. The van der Waals surface area contributed by atoms with Crippen LogP contribution in [-0.4, -0.2) is 27.5 Å². The van der Waals surface area contributed by atoms with E-state index in [-0.39, 0.29) is 0 Å². The number of aromatic nitrogens is 1. The number of rotatable bonds is 2. The van der Waals surface area contributed by atoms with Crippen LogP contribution in [0.2, 0.25) is 0 Å². The van der Waals surface area contributed by atoms with Crippen LogP contribution in [0.25, 0.3) is 0 Å². The van der Waals surface area contributed by atoms with Crippen molar-refractivity contribution in [3.63, 3.8) is 0 Å². The van der Waals surface area contributed by atoms with Gasteiger partial charge in [0.05, 0.1) is 10.8 Å². The maximum Gasteiger partial charge on any atom is 0.0562 e. The summed E-state index contributed by atoms with van der Waals surface area (Å²) in [5, 5.41) is 3.59. The molecule has 0 radical (unpaired) electrons. The molecule has 1 atom stereocenters. The lowest BCUT2D eigenvalue weighted by Gasteiger charge is -2.21. The second-order valence-electron chi connectivity index (χ2n) is 3.43. The van der Waals surface area contributed by atoms with Crippen LogP contribution in [0, 0.1) is 0 Å². The van der Waals surface area contributed by atoms with E-state index in [9.17, 15) is 4.21 Å². The third kappa shape index (κ3) is 2.19. The highest BCUT2D eigenvalue weighted by molar-refractivity contribution is 7.85. The van der Waals surface area contributed by atoms with Crippen molar-refractivity contribution in [3.8, 4) is 0 Å². The number of pyridine rings is 1. The topological polar surface area (TPSA) is 42.0 Å². The Morgan fingerprint density at radius 2 is 1.93 bits per heavy atom. The smallest absolute Gasteiger partial charge is 0.0562 e. The second-order valence-corrected chi connectivity index (χ2v) is 5.16. The van der Waals surface area contributed by atoms with Gasteiger partial charge in [0.2, 0.25) is 0 Å². The van der Waals surface area contributed by atoms with E-state index in [1.807, 2.05) is 12.1 Å². The van der Waals surface area contributed by atoms with Gasteiger partial charge in [-0.05, 0) is 38.1 Å². The molecule has 1 aliphatic heterocycles. The van der Waals surface area contributed by atoms with Crippen LogP contribution < -0.4 is 5.32 Å². The van der Waals surface area contributed by atoms with Crippen molar-refractivity contribution < 1.29 is 4.21 Å². The maximum atomic E-state index is 12.1. The summed E-state index contributed by atoms with van der Waals surface area (Å²) >= 11 is 0. The zero-order chi connectivity index (χ0) is 9.80. The van der Waals surface area contributed by atoms with Crippen LogP contribution in [0.15, 0.2) is 29.4 Å². The van der Waals surface area contributed by atoms with Crippen LogP contribution in [0.1, 0.15) is 12.8 Å². The highest BCUT2D eigenvalue weighted by atomic mass is 32.2. The normalized spacial score (nSPS) is 20.6. The van der Waals surface area contributed by atoms with Gasteiger partial charge >= 0.3 is 0 Å². The Labute approximate surface area is 86.4 Å². The Balaban J connectivity index is 2.07. The lowest BCUT2D eigenvalue weighted by Crippen LogP contribution is -2.33. The average molecular weight is 210 g/mol. The molecule has 1 fully saturated rings. The first-order valence-corrected chi connectivity index (χ1v) is 6.10. The molecule has 4 heteroatoms. The zero-order valence-corrected chi connectivity index (χ0v) is 8.80. The van der Waals surface area contributed by atoms with Gasteiger partial charge in [-0.25, -0.2) is 0 Å². The molecule has 0 bridgehead atoms. The molecule has 1 saturated heterocycles. The van der Waals surface area contributed by atoms with Gasteiger partial charge in [-0.15, -0.1) is 0 Å². The molecule has 14 heavy (non-hydrogen) atoms. The van der Waals surface area contributed by atoms with Gasteiger partial charge in [-0.2, -0.15) is 0 Å². The molecule has 1 aromatic heterocycles. The van der Waals surface area contributed by atoms with Crippen molar-refractivity contribution in [1.29, 1.82) is 0 Å². The molecule has 1 aliphatic rings. The first-order chi connectivity index (χ1) is 6.88. The van der Waals surface area contributed by atoms with E-state index in [4.69, 9.17) is 0 Å². The van der Waals surface area contributed by atoms with Gasteiger partial charge in [-0.3, -0.25) is 9.19 Å². The summed E-state index contributed by atoms with van der Waals surface area (Å²) in [4.78, 5) is 4.84. The minimum atomic E-state index is -0.850. The van der Waals surface area contributed by atoms with Gasteiger partial charge in [0.25, 0.3) is 0 Å². The van der Waals surface area contributed by atoms with E-state index in [1.165, 1.54) is 0 Å². The van der Waals surface area contributed by atoms with Crippen LogP contribution >= 0.6 is 0 Å². The molecule has 76 valence electrons. The van der Waals surface area contributed by atoms with E-state index < -0.39 is 10.8 Å². The van der Waals surface area contributed by atoms with Crippen molar-refractivity contribution in [2.75, 3.05) is 13.1 Å². The van der Waals surface area contributed by atoms with Gasteiger partial charge in [0.15, 0.2) is 0 Å². The van der Waals surface area contributed by atoms with Crippen molar-refractivity contribution in [2.24, 2.45) is 0 Å². The quantitative estimate of drug-likeness (QED) is 0.790. The summed E-state index contributed by atoms with van der Waals surface area (Å²) in [5.41, 5.74) is 0. The molecule has 2 rings (SSSR count). The predicted molar refractivity (Wildman–Crippen MR) is 56.5 cm³/mol. The minimum absolute atomic E-state index is 0.318. The Hall–Kier alpha value is -0.740. The Kier molecular flexibility index (Phi) is 3.26. The van der Waals surface area contributed by atoms with E-state index in [2.05, 4.69) is 10.3 Å². The average Bonchev–Trinajstić information content (AvgIpc) is 2.30. The van der Waals surface area contributed by atoms with Gasteiger partial charge in [0, 0.05) is 22.5 Å². The van der Waals surface area contributed by atoms with Crippen molar-refractivity contribution in [1.82, 2.24) is 10.3 Å². The molecule has 0 spiro atoms. The van der Waals surface area contributed by atoms with E-state index in [0.29, 0.717) is 5.25 Å². The fourth-order valence-corrected chi connectivity index (χ4v) is 3.11. The standard InChI is InChI=1S/C10H14N2OS/c13-14(9-1-5-11-6-2-9)10-3-7-12-8-4-10/h1-2,5-6,10,12H,3-4,7-8H2/t14-/m1/s1. The molecule has 0 saturated carbocycles. The molecule has 0 amide bonds. The number of hydrogen-bond acceptors (Lipinski definition) is 3. The Morgan fingerprint density at radius 3 is 2.57 bits per heavy atom. The summed E-state index contributed by atoms with van der Waals surface area (Å²) in [6.45, 7) is 1.98. The Morgan fingerprint density at radius 1 is 1.29 bits per heavy atom. The largest absolute Gasteiger partial charge is 0.317 e. The van der Waals surface area contributed by atoms with Crippen molar-refractivity contribution >= 4 is 10.8 Å². The lowest BCUT2D eigenvalue weighted by atomic mass is 10.2. The van der Waals surface area contributed by atoms with E-state index in [1.54, 1.807) is 12.4 Å². The number of nitrogens with zero attached hydrogens (tertiary/aromatic N) is 1. The van der Waals surface area contributed by atoms with E-state index in [0.717, 1.165) is 30.8 Å². The Bertz CT molecular complexity index is 309. The SMILES string of the molecule is O=[S@](c1ccncc1)C1CCNCC1. The first kappa shape index (κ1) is 9.80. The predicted octanol–water partition coefficient (Wildman–Crippen LogP) is 0.941. The number of nitrogens with one attached hydrogen (secondary N) is 1. The third-order valence-electron chi connectivity index (χ3n) is 2.47. The second kappa shape index (κ2) is 4.66. The maximum absolute atomic E-state index is 12.1. The summed E-state index contributed by atoms with van der Waals surface area (Å²) in [6, 6.07) is 3.69. The van der Waals surface area contributed by atoms with Crippen LogP contribution in [0.3, 0.4) is 0 Å². The number of piperidine rings is 1. The lowest BCUT2D eigenvalue weighted by molar-refractivity contribution is 0.519. The zero-order valence-electron chi connectivity index (χ0n) is 7.98. The van der Waals surface area contributed by atoms with Crippen molar-refractivity contribution in [2.45, 2.75) is 23.0 Å². The number of hydrogen-bond donors (Lipinski definition) is 1. The van der Waals surface area contributed by atoms with Crippen LogP contribution in [-0.2, 0) is 10.8 Å². The molecule has 1 N–H and O–H groups in total. The molecule has 2 heterocycles. The van der Waals surface area contributed by atoms with Gasteiger partial charge < -0.3 is 5.32 Å². The first-order valence-electron chi connectivity index (χ1n) is 4.89. The molecule has 0 aromatic carbocycles.